The molecule has 1 fully saturated rings. The first-order valence-electron chi connectivity index (χ1n) is 10.0. The topological polar surface area (TPSA) is 74.8 Å². The quantitative estimate of drug-likeness (QED) is 0.813. The van der Waals surface area contributed by atoms with Crippen LogP contribution in [0.5, 0.6) is 5.75 Å². The standard InChI is InChI=1S/C22H28N4O3/c1-4-25-11-13-26(14-12-25)22(28)19-15-17(9-10-23-19)21(27)24-18-7-5-6-8-20(18)29-16(2)3/h5-10,15-16H,4,11-14H2,1-3H3,(H,24,27). The highest BCUT2D eigenvalue weighted by Crippen LogP contribution is 2.25. The molecule has 2 heterocycles. The van der Waals surface area contributed by atoms with Crippen molar-refractivity contribution in [1.82, 2.24) is 14.8 Å². The van der Waals surface area contributed by atoms with Crippen LogP contribution in [0.3, 0.4) is 0 Å². The molecule has 1 N–H and O–H groups in total. The number of benzene rings is 1. The lowest BCUT2D eigenvalue weighted by Gasteiger charge is -2.33. The lowest BCUT2D eigenvalue weighted by atomic mass is 10.2. The minimum Gasteiger partial charge on any atom is -0.489 e. The maximum Gasteiger partial charge on any atom is 0.272 e. The number of amides is 2. The van der Waals surface area contributed by atoms with Crippen LogP contribution in [0.25, 0.3) is 0 Å². The third-order valence-corrected chi connectivity index (χ3v) is 4.85. The van der Waals surface area contributed by atoms with Crippen molar-refractivity contribution in [3.8, 4) is 5.75 Å². The minimum atomic E-state index is -0.308. The molecule has 0 spiro atoms. The van der Waals surface area contributed by atoms with Crippen molar-refractivity contribution in [3.05, 3.63) is 53.9 Å². The number of nitrogens with zero attached hydrogens (tertiary/aromatic N) is 3. The summed E-state index contributed by atoms with van der Waals surface area (Å²) < 4.78 is 5.75. The molecular weight excluding hydrogens is 368 g/mol. The van der Waals surface area contributed by atoms with Crippen molar-refractivity contribution >= 4 is 17.5 Å². The SMILES string of the molecule is CCN1CCN(C(=O)c2cc(C(=O)Nc3ccccc3OC(C)C)ccn2)CC1. The van der Waals surface area contributed by atoms with E-state index in [2.05, 4.69) is 22.1 Å². The van der Waals surface area contributed by atoms with Crippen molar-refractivity contribution in [3.63, 3.8) is 0 Å². The van der Waals surface area contributed by atoms with Gasteiger partial charge in [0, 0.05) is 37.9 Å². The molecule has 7 nitrogen and oxygen atoms in total. The molecule has 2 amide bonds. The highest BCUT2D eigenvalue weighted by molar-refractivity contribution is 6.06. The summed E-state index contributed by atoms with van der Waals surface area (Å²) in [6.07, 6.45) is 1.49. The molecule has 154 valence electrons. The molecule has 0 aliphatic carbocycles. The second kappa shape index (κ2) is 9.52. The summed E-state index contributed by atoms with van der Waals surface area (Å²) in [7, 11) is 0. The zero-order valence-corrected chi connectivity index (χ0v) is 17.2. The van der Waals surface area contributed by atoms with Crippen LogP contribution in [0, 0.1) is 0 Å². The van der Waals surface area contributed by atoms with Crippen LogP contribution in [-0.2, 0) is 0 Å². The van der Waals surface area contributed by atoms with E-state index >= 15 is 0 Å². The average Bonchev–Trinajstić information content (AvgIpc) is 2.74. The number of hydrogen-bond donors (Lipinski definition) is 1. The molecule has 0 atom stereocenters. The summed E-state index contributed by atoms with van der Waals surface area (Å²) >= 11 is 0. The van der Waals surface area contributed by atoms with Crippen LogP contribution in [0.1, 0.15) is 41.6 Å². The number of anilines is 1. The van der Waals surface area contributed by atoms with Crippen molar-refractivity contribution in [2.75, 3.05) is 38.0 Å². The van der Waals surface area contributed by atoms with E-state index in [1.54, 1.807) is 23.1 Å². The van der Waals surface area contributed by atoms with Crippen molar-refractivity contribution in [1.29, 1.82) is 0 Å². The van der Waals surface area contributed by atoms with Gasteiger partial charge in [-0.2, -0.15) is 0 Å². The van der Waals surface area contributed by atoms with Gasteiger partial charge in [-0.15, -0.1) is 0 Å². The Balaban J connectivity index is 1.71. The van der Waals surface area contributed by atoms with Crippen LogP contribution in [0.15, 0.2) is 42.6 Å². The molecular formula is C22H28N4O3. The van der Waals surface area contributed by atoms with E-state index in [9.17, 15) is 9.59 Å². The fourth-order valence-corrected chi connectivity index (χ4v) is 3.24. The number of ether oxygens (including phenoxy) is 1. The highest BCUT2D eigenvalue weighted by Gasteiger charge is 2.23. The summed E-state index contributed by atoms with van der Waals surface area (Å²) in [5.41, 5.74) is 1.26. The fourth-order valence-electron chi connectivity index (χ4n) is 3.24. The van der Waals surface area contributed by atoms with E-state index in [0.29, 0.717) is 30.1 Å². The summed E-state index contributed by atoms with van der Waals surface area (Å²) in [4.78, 5) is 33.8. The maximum atomic E-state index is 12.8. The van der Waals surface area contributed by atoms with Crippen LogP contribution >= 0.6 is 0 Å². The molecule has 1 saturated heterocycles. The molecule has 7 heteroatoms. The van der Waals surface area contributed by atoms with Crippen molar-refractivity contribution in [2.24, 2.45) is 0 Å². The monoisotopic (exact) mass is 396 g/mol. The first-order chi connectivity index (χ1) is 14.0. The molecule has 0 radical (unpaired) electrons. The van der Waals surface area contributed by atoms with Crippen molar-refractivity contribution < 1.29 is 14.3 Å². The molecule has 29 heavy (non-hydrogen) atoms. The van der Waals surface area contributed by atoms with Gasteiger partial charge in [0.1, 0.15) is 11.4 Å². The maximum absolute atomic E-state index is 12.8. The lowest BCUT2D eigenvalue weighted by molar-refractivity contribution is 0.0637. The number of likely N-dealkylation sites (N-methyl/N-ethyl adjacent to an activating group) is 1. The van der Waals surface area contributed by atoms with Crippen LogP contribution in [-0.4, -0.2) is 65.4 Å². The Morgan fingerprint density at radius 1 is 1.14 bits per heavy atom. The Bertz CT molecular complexity index is 861. The van der Waals surface area contributed by atoms with Gasteiger partial charge in [-0.1, -0.05) is 19.1 Å². The molecule has 1 aromatic carbocycles. The largest absolute Gasteiger partial charge is 0.489 e. The average molecular weight is 396 g/mol. The van der Waals surface area contributed by atoms with Gasteiger partial charge in [-0.25, -0.2) is 0 Å². The summed E-state index contributed by atoms with van der Waals surface area (Å²) in [6.45, 7) is 10.0. The molecule has 1 aromatic heterocycles. The zero-order valence-electron chi connectivity index (χ0n) is 17.2. The second-order valence-corrected chi connectivity index (χ2v) is 7.27. The van der Waals surface area contributed by atoms with E-state index < -0.39 is 0 Å². The van der Waals surface area contributed by atoms with Crippen LogP contribution in [0.4, 0.5) is 5.69 Å². The lowest BCUT2D eigenvalue weighted by Crippen LogP contribution is -2.48. The number of nitrogens with one attached hydrogen (secondary N) is 1. The number of aromatic nitrogens is 1. The van der Waals surface area contributed by atoms with E-state index in [0.717, 1.165) is 19.6 Å². The van der Waals surface area contributed by atoms with E-state index in [1.807, 2.05) is 32.0 Å². The molecule has 0 bridgehead atoms. The Labute approximate surface area is 171 Å². The van der Waals surface area contributed by atoms with Gasteiger partial charge in [0.2, 0.25) is 0 Å². The number of piperazine rings is 1. The van der Waals surface area contributed by atoms with Crippen LogP contribution in [0.2, 0.25) is 0 Å². The predicted molar refractivity (Wildman–Crippen MR) is 112 cm³/mol. The highest BCUT2D eigenvalue weighted by atomic mass is 16.5. The molecule has 2 aromatic rings. The van der Waals surface area contributed by atoms with Crippen LogP contribution < -0.4 is 10.1 Å². The van der Waals surface area contributed by atoms with Gasteiger partial charge in [0.05, 0.1) is 11.8 Å². The number of pyridine rings is 1. The Hall–Kier alpha value is -2.93. The summed E-state index contributed by atoms with van der Waals surface area (Å²) in [5, 5.41) is 2.87. The molecule has 1 aliphatic rings. The number of rotatable bonds is 6. The fraction of sp³-hybridized carbons (Fsp3) is 0.409. The summed E-state index contributed by atoms with van der Waals surface area (Å²) in [5.74, 6) is 0.158. The predicted octanol–water partition coefficient (Wildman–Crippen LogP) is 2.90. The number of hydrogen-bond acceptors (Lipinski definition) is 5. The Kier molecular flexibility index (Phi) is 6.82. The van der Waals surface area contributed by atoms with E-state index in [-0.39, 0.29) is 23.6 Å². The van der Waals surface area contributed by atoms with E-state index in [1.165, 1.54) is 6.20 Å². The molecule has 1 aliphatic heterocycles. The van der Waals surface area contributed by atoms with Gasteiger partial charge in [-0.05, 0) is 44.7 Å². The minimum absolute atomic E-state index is 0.00798. The molecule has 0 unspecified atom stereocenters. The van der Waals surface area contributed by atoms with Crippen molar-refractivity contribution in [2.45, 2.75) is 26.9 Å². The smallest absolute Gasteiger partial charge is 0.272 e. The zero-order chi connectivity index (χ0) is 20.8. The summed E-state index contributed by atoms with van der Waals surface area (Å²) in [6, 6.07) is 10.4. The Morgan fingerprint density at radius 2 is 1.86 bits per heavy atom. The normalized spacial score (nSPS) is 14.7. The van der Waals surface area contributed by atoms with Gasteiger partial charge < -0.3 is 19.9 Å². The number of carbonyl (C=O) groups excluding carboxylic acids is 2. The van der Waals surface area contributed by atoms with Gasteiger partial charge in [0.15, 0.2) is 0 Å². The van der Waals surface area contributed by atoms with Gasteiger partial charge >= 0.3 is 0 Å². The third-order valence-electron chi connectivity index (χ3n) is 4.85. The molecule has 0 saturated carbocycles. The number of carbonyl (C=O) groups is 2. The first kappa shape index (κ1) is 20.8. The first-order valence-corrected chi connectivity index (χ1v) is 10.0. The third kappa shape index (κ3) is 5.32. The van der Waals surface area contributed by atoms with Gasteiger partial charge in [0.25, 0.3) is 11.8 Å². The second-order valence-electron chi connectivity index (χ2n) is 7.27. The van der Waals surface area contributed by atoms with E-state index in [4.69, 9.17) is 4.74 Å². The van der Waals surface area contributed by atoms with Gasteiger partial charge in [-0.3, -0.25) is 14.6 Å². The Morgan fingerprint density at radius 3 is 2.55 bits per heavy atom. The number of para-hydroxylation sites is 2. The molecule has 3 rings (SSSR count).